The Hall–Kier alpha value is -2.50. The van der Waals surface area contributed by atoms with Crippen molar-refractivity contribution in [3.63, 3.8) is 0 Å². The largest absolute Gasteiger partial charge is 0.224 e. The molecule has 0 bridgehead atoms. The zero-order chi connectivity index (χ0) is 15.7. The Balaban J connectivity index is 2.04. The second-order valence-electron chi connectivity index (χ2n) is 4.60. The summed E-state index contributed by atoms with van der Waals surface area (Å²) in [7, 11) is -3.25. The van der Waals surface area contributed by atoms with Gasteiger partial charge in [0.15, 0.2) is 15.5 Å². The summed E-state index contributed by atoms with van der Waals surface area (Å²) < 4.78 is 23.3. The van der Waals surface area contributed by atoms with E-state index in [2.05, 4.69) is 15.4 Å². The quantitative estimate of drug-likeness (QED) is 0.795. The maximum atomic E-state index is 11.6. The number of thiophene rings is 1. The molecule has 0 aliphatic rings. The van der Waals surface area contributed by atoms with Crippen LogP contribution in [0.3, 0.4) is 0 Å². The summed E-state index contributed by atoms with van der Waals surface area (Å²) in [6.07, 6.45) is 1.18. The molecular formula is C14H10N4O2S2. The van der Waals surface area contributed by atoms with Crippen LogP contribution in [0, 0.1) is 11.3 Å². The van der Waals surface area contributed by atoms with Crippen molar-refractivity contribution in [2.45, 2.75) is 4.90 Å². The van der Waals surface area contributed by atoms with E-state index in [9.17, 15) is 8.42 Å². The molecule has 2 heterocycles. The third-order valence-corrected chi connectivity index (χ3v) is 5.29. The molecule has 0 unspecified atom stereocenters. The van der Waals surface area contributed by atoms with Gasteiger partial charge in [0.05, 0.1) is 9.77 Å². The zero-order valence-electron chi connectivity index (χ0n) is 11.4. The van der Waals surface area contributed by atoms with Gasteiger partial charge in [-0.3, -0.25) is 0 Å². The highest BCUT2D eigenvalue weighted by Gasteiger charge is 2.14. The van der Waals surface area contributed by atoms with E-state index >= 15 is 0 Å². The van der Waals surface area contributed by atoms with Gasteiger partial charge in [0.1, 0.15) is 11.8 Å². The van der Waals surface area contributed by atoms with Crippen LogP contribution in [-0.2, 0) is 9.84 Å². The highest BCUT2D eigenvalue weighted by Crippen LogP contribution is 2.35. The lowest BCUT2D eigenvalue weighted by Crippen LogP contribution is -1.96. The molecule has 0 aliphatic carbocycles. The van der Waals surface area contributed by atoms with Crippen molar-refractivity contribution in [3.05, 3.63) is 42.1 Å². The first-order valence-corrected chi connectivity index (χ1v) is 8.91. The number of sulfone groups is 1. The van der Waals surface area contributed by atoms with E-state index in [-0.39, 0.29) is 10.6 Å². The van der Waals surface area contributed by atoms with Gasteiger partial charge in [0, 0.05) is 11.1 Å². The molecule has 0 atom stereocenters. The van der Waals surface area contributed by atoms with Crippen molar-refractivity contribution in [1.29, 1.82) is 5.26 Å². The van der Waals surface area contributed by atoms with Crippen molar-refractivity contribution in [1.82, 2.24) is 15.4 Å². The van der Waals surface area contributed by atoms with Crippen LogP contribution in [0.4, 0.5) is 0 Å². The third kappa shape index (κ3) is 2.64. The number of aromatic amines is 1. The minimum atomic E-state index is -3.25. The lowest BCUT2D eigenvalue weighted by molar-refractivity contribution is 0.602. The van der Waals surface area contributed by atoms with E-state index < -0.39 is 9.84 Å². The molecule has 0 saturated carbocycles. The Kier molecular flexibility index (Phi) is 3.52. The molecule has 8 heteroatoms. The van der Waals surface area contributed by atoms with E-state index in [1.165, 1.54) is 17.6 Å². The van der Waals surface area contributed by atoms with Gasteiger partial charge >= 0.3 is 0 Å². The van der Waals surface area contributed by atoms with Gasteiger partial charge in [0.2, 0.25) is 0 Å². The molecule has 1 aromatic carbocycles. The van der Waals surface area contributed by atoms with Crippen LogP contribution < -0.4 is 0 Å². The summed E-state index contributed by atoms with van der Waals surface area (Å²) in [6, 6.07) is 12.4. The highest BCUT2D eigenvalue weighted by molar-refractivity contribution is 7.90. The first-order chi connectivity index (χ1) is 10.5. The van der Waals surface area contributed by atoms with E-state index in [0.29, 0.717) is 5.69 Å². The number of hydrogen-bond donors (Lipinski definition) is 1. The van der Waals surface area contributed by atoms with Gasteiger partial charge in [0.25, 0.3) is 0 Å². The van der Waals surface area contributed by atoms with Crippen LogP contribution in [0.25, 0.3) is 21.0 Å². The summed E-state index contributed by atoms with van der Waals surface area (Å²) in [5, 5.41) is 19.2. The predicted octanol–water partition coefficient (Wildman–Crippen LogP) is 2.48. The van der Waals surface area contributed by atoms with Crippen molar-refractivity contribution < 1.29 is 8.42 Å². The summed E-state index contributed by atoms with van der Waals surface area (Å²) >= 11 is 1.42. The predicted molar refractivity (Wildman–Crippen MR) is 83.0 cm³/mol. The molecule has 0 spiro atoms. The number of nitrogens with one attached hydrogen (secondary N) is 1. The first-order valence-electron chi connectivity index (χ1n) is 6.20. The average Bonchev–Trinajstić information content (AvgIpc) is 3.15. The average molecular weight is 330 g/mol. The molecule has 0 amide bonds. The van der Waals surface area contributed by atoms with Crippen molar-refractivity contribution in [3.8, 4) is 27.1 Å². The molecule has 0 radical (unpaired) electrons. The second kappa shape index (κ2) is 5.36. The molecule has 3 aromatic rings. The number of nitriles is 1. The second-order valence-corrected chi connectivity index (χ2v) is 7.70. The van der Waals surface area contributed by atoms with Crippen molar-refractivity contribution in [2.24, 2.45) is 0 Å². The van der Waals surface area contributed by atoms with Crippen LogP contribution in [-0.4, -0.2) is 30.1 Å². The zero-order valence-corrected chi connectivity index (χ0v) is 13.1. The molecule has 1 N–H and O–H groups in total. The molecule has 2 aromatic heterocycles. The van der Waals surface area contributed by atoms with Gasteiger partial charge < -0.3 is 0 Å². The van der Waals surface area contributed by atoms with Crippen LogP contribution in [0.15, 0.2) is 41.3 Å². The van der Waals surface area contributed by atoms with Crippen LogP contribution in [0.1, 0.15) is 5.69 Å². The highest BCUT2D eigenvalue weighted by atomic mass is 32.2. The Bertz CT molecular complexity index is 980. The smallest absolute Gasteiger partial charge is 0.191 e. The van der Waals surface area contributed by atoms with E-state index in [0.717, 1.165) is 15.3 Å². The van der Waals surface area contributed by atoms with Crippen LogP contribution in [0.2, 0.25) is 0 Å². The van der Waals surface area contributed by atoms with Gasteiger partial charge in [-0.2, -0.15) is 15.6 Å². The normalized spacial score (nSPS) is 11.3. The summed E-state index contributed by atoms with van der Waals surface area (Å²) in [5.41, 5.74) is 1.54. The molecule has 0 fully saturated rings. The number of aromatic nitrogens is 3. The molecule has 0 aliphatic heterocycles. The summed E-state index contributed by atoms with van der Waals surface area (Å²) in [4.78, 5) is 1.97. The molecular weight excluding hydrogens is 320 g/mol. The lowest BCUT2D eigenvalue weighted by atomic mass is 10.2. The molecule has 0 saturated heterocycles. The standard InChI is InChI=1S/C14H10N4O2S2/c1-22(19,20)10-4-2-3-9(7-10)12-5-6-13(21-12)14-11(8-15)16-18-17-14/h2-7H,1H3,(H,16,17,18). The molecule has 6 nitrogen and oxygen atoms in total. The van der Waals surface area contributed by atoms with Crippen LogP contribution >= 0.6 is 11.3 Å². The Morgan fingerprint density at radius 1 is 1.18 bits per heavy atom. The van der Waals surface area contributed by atoms with E-state index in [1.54, 1.807) is 18.2 Å². The number of nitrogens with zero attached hydrogens (tertiary/aromatic N) is 3. The molecule has 22 heavy (non-hydrogen) atoms. The van der Waals surface area contributed by atoms with Crippen molar-refractivity contribution >= 4 is 21.2 Å². The minimum Gasteiger partial charge on any atom is -0.224 e. The van der Waals surface area contributed by atoms with Gasteiger partial charge in [-0.05, 0) is 29.8 Å². The first kappa shape index (κ1) is 14.4. The van der Waals surface area contributed by atoms with Gasteiger partial charge in [-0.15, -0.1) is 16.4 Å². The maximum absolute atomic E-state index is 11.6. The summed E-state index contributed by atoms with van der Waals surface area (Å²) in [6.45, 7) is 0. The van der Waals surface area contributed by atoms with Gasteiger partial charge in [-0.25, -0.2) is 8.42 Å². The van der Waals surface area contributed by atoms with E-state index in [4.69, 9.17) is 5.26 Å². The topological polar surface area (TPSA) is 99.5 Å². The fourth-order valence-corrected chi connectivity index (χ4v) is 3.64. The third-order valence-electron chi connectivity index (χ3n) is 3.04. The Morgan fingerprint density at radius 2 is 1.95 bits per heavy atom. The number of hydrogen-bond acceptors (Lipinski definition) is 6. The maximum Gasteiger partial charge on any atom is 0.191 e. The summed E-state index contributed by atoms with van der Waals surface area (Å²) in [5.74, 6) is 0. The molecule has 3 rings (SSSR count). The molecule has 110 valence electrons. The number of benzene rings is 1. The van der Waals surface area contributed by atoms with Crippen molar-refractivity contribution in [2.75, 3.05) is 6.26 Å². The Labute approximate surface area is 131 Å². The minimum absolute atomic E-state index is 0.235. The fraction of sp³-hybridized carbons (Fsp3) is 0.0714. The van der Waals surface area contributed by atoms with Crippen LogP contribution in [0.5, 0.6) is 0 Å². The Morgan fingerprint density at radius 3 is 2.68 bits per heavy atom. The monoisotopic (exact) mass is 330 g/mol. The number of H-pyrrole nitrogens is 1. The lowest BCUT2D eigenvalue weighted by Gasteiger charge is -2.01. The fourth-order valence-electron chi connectivity index (χ4n) is 1.98. The number of rotatable bonds is 3. The SMILES string of the molecule is CS(=O)(=O)c1cccc(-c2ccc(-c3n[nH]nc3C#N)s2)c1. The van der Waals surface area contributed by atoms with Gasteiger partial charge in [-0.1, -0.05) is 12.1 Å². The van der Waals surface area contributed by atoms with E-state index in [1.807, 2.05) is 24.3 Å².